The fourth-order valence-corrected chi connectivity index (χ4v) is 7.54. The molecule has 28 heavy (non-hydrogen) atoms. The number of nitrogens with zero attached hydrogens (tertiary/aromatic N) is 2. The molecule has 0 aliphatic carbocycles. The average Bonchev–Trinajstić information content (AvgIpc) is 2.96. The molecule has 1 N–H and O–H groups in total. The number of phenolic OH excluding ortho intramolecular Hbond substituents is 1. The van der Waals surface area contributed by atoms with Gasteiger partial charge in [0.1, 0.15) is 5.75 Å². The summed E-state index contributed by atoms with van der Waals surface area (Å²) in [6.45, 7) is 23.6. The van der Waals surface area contributed by atoms with E-state index in [1.807, 2.05) is 19.9 Å². The standard InChI is InChI=1S/C22H38N2O2Si2/c1-11-23(12-2)21(26)17-15-18-16(20(19(17)25)27(6,7)8)13-14-24(18)28(9,10)22(3,4)5/h13-15,25H,11-12H2,1-10H3. The molecule has 0 atom stereocenters. The van der Waals surface area contributed by atoms with Crippen molar-refractivity contribution in [3.05, 3.63) is 23.9 Å². The van der Waals surface area contributed by atoms with E-state index in [0.29, 0.717) is 18.7 Å². The van der Waals surface area contributed by atoms with Gasteiger partial charge < -0.3 is 14.2 Å². The van der Waals surface area contributed by atoms with Gasteiger partial charge in [-0.2, -0.15) is 0 Å². The molecule has 6 heteroatoms. The summed E-state index contributed by atoms with van der Waals surface area (Å²) in [6, 6.07) is 4.09. The van der Waals surface area contributed by atoms with Crippen molar-refractivity contribution < 1.29 is 9.90 Å². The largest absolute Gasteiger partial charge is 0.507 e. The Kier molecular flexibility index (Phi) is 5.99. The van der Waals surface area contributed by atoms with Crippen molar-refractivity contribution in [2.45, 2.75) is 72.4 Å². The Morgan fingerprint density at radius 2 is 1.64 bits per heavy atom. The number of benzene rings is 1. The minimum atomic E-state index is -1.89. The second-order valence-corrected chi connectivity index (χ2v) is 20.4. The second-order valence-electron chi connectivity index (χ2n) is 10.3. The fraction of sp³-hybridized carbons (Fsp3) is 0.591. The Hall–Kier alpha value is -1.54. The van der Waals surface area contributed by atoms with Crippen molar-refractivity contribution in [3.63, 3.8) is 0 Å². The van der Waals surface area contributed by atoms with Gasteiger partial charge in [0.25, 0.3) is 5.91 Å². The van der Waals surface area contributed by atoms with E-state index in [4.69, 9.17) is 0 Å². The number of fused-ring (bicyclic) bond motifs is 1. The van der Waals surface area contributed by atoms with Crippen LogP contribution in [0, 0.1) is 0 Å². The molecule has 1 amide bonds. The van der Waals surface area contributed by atoms with Crippen molar-refractivity contribution in [3.8, 4) is 5.75 Å². The summed E-state index contributed by atoms with van der Waals surface area (Å²) < 4.78 is 2.42. The van der Waals surface area contributed by atoms with Crippen molar-refractivity contribution in [2.24, 2.45) is 0 Å². The van der Waals surface area contributed by atoms with Crippen LogP contribution >= 0.6 is 0 Å². The van der Waals surface area contributed by atoms with Crippen LogP contribution in [0.15, 0.2) is 18.3 Å². The van der Waals surface area contributed by atoms with Gasteiger partial charge in [-0.15, -0.1) is 0 Å². The lowest BCUT2D eigenvalue weighted by molar-refractivity contribution is 0.0770. The summed E-state index contributed by atoms with van der Waals surface area (Å²) in [7, 11) is -3.75. The van der Waals surface area contributed by atoms with Gasteiger partial charge in [0.15, 0.2) is 8.24 Å². The van der Waals surface area contributed by atoms with Crippen LogP contribution in [0.2, 0.25) is 37.8 Å². The average molecular weight is 419 g/mol. The molecule has 2 rings (SSSR count). The lowest BCUT2D eigenvalue weighted by atomic mass is 10.1. The first-order chi connectivity index (χ1) is 12.7. The number of amides is 1. The minimum absolute atomic E-state index is 0.0770. The van der Waals surface area contributed by atoms with Gasteiger partial charge in [0, 0.05) is 24.0 Å². The van der Waals surface area contributed by atoms with Crippen LogP contribution in [0.5, 0.6) is 5.75 Å². The van der Waals surface area contributed by atoms with E-state index in [0.717, 1.165) is 16.1 Å². The van der Waals surface area contributed by atoms with E-state index >= 15 is 0 Å². The van der Waals surface area contributed by atoms with Crippen LogP contribution in [-0.2, 0) is 0 Å². The molecule has 1 aromatic heterocycles. The van der Waals surface area contributed by atoms with Crippen LogP contribution in [0.25, 0.3) is 10.9 Å². The zero-order valence-corrected chi connectivity index (χ0v) is 21.4. The van der Waals surface area contributed by atoms with Gasteiger partial charge in [-0.05, 0) is 42.4 Å². The summed E-state index contributed by atoms with van der Waals surface area (Å²) >= 11 is 0. The number of phenols is 1. The van der Waals surface area contributed by atoms with Gasteiger partial charge >= 0.3 is 0 Å². The number of aromatic hydroxyl groups is 1. The highest BCUT2D eigenvalue weighted by molar-refractivity contribution is 6.91. The van der Waals surface area contributed by atoms with Crippen molar-refractivity contribution >= 4 is 38.3 Å². The SMILES string of the molecule is CCN(CC)C(=O)c1cc2c(ccn2[Si](C)(C)C(C)(C)C)c([Si](C)(C)C)c1O. The lowest BCUT2D eigenvalue weighted by Crippen LogP contribution is -2.45. The molecule has 4 nitrogen and oxygen atoms in total. The first kappa shape index (κ1) is 22.7. The van der Waals surface area contributed by atoms with Crippen molar-refractivity contribution in [1.29, 1.82) is 0 Å². The van der Waals surface area contributed by atoms with Crippen LogP contribution in [0.4, 0.5) is 0 Å². The van der Waals surface area contributed by atoms with Gasteiger partial charge in [0.2, 0.25) is 0 Å². The minimum Gasteiger partial charge on any atom is -0.507 e. The molecule has 0 bridgehead atoms. The van der Waals surface area contributed by atoms with E-state index in [9.17, 15) is 9.90 Å². The maximum Gasteiger partial charge on any atom is 0.257 e. The fourth-order valence-electron chi connectivity index (χ4n) is 3.72. The van der Waals surface area contributed by atoms with E-state index in [-0.39, 0.29) is 16.7 Å². The molecule has 0 fully saturated rings. The van der Waals surface area contributed by atoms with Gasteiger partial charge in [0.05, 0.1) is 13.6 Å². The predicted octanol–water partition coefficient (Wildman–Crippen LogP) is 5.23. The zero-order chi connectivity index (χ0) is 21.7. The first-order valence-corrected chi connectivity index (χ1v) is 16.8. The Morgan fingerprint density at radius 1 is 1.11 bits per heavy atom. The molecular weight excluding hydrogens is 380 g/mol. The van der Waals surface area contributed by atoms with E-state index in [1.165, 1.54) is 0 Å². The maximum absolute atomic E-state index is 13.2. The van der Waals surface area contributed by atoms with Crippen molar-refractivity contribution in [2.75, 3.05) is 13.1 Å². The molecule has 0 spiro atoms. The quantitative estimate of drug-likeness (QED) is 0.676. The highest BCUT2D eigenvalue weighted by Gasteiger charge is 2.39. The molecule has 2 aromatic rings. The first-order valence-electron chi connectivity index (χ1n) is 10.4. The molecule has 1 heterocycles. The highest BCUT2D eigenvalue weighted by Crippen LogP contribution is 2.40. The Bertz CT molecular complexity index is 883. The van der Waals surface area contributed by atoms with Crippen LogP contribution in [0.1, 0.15) is 45.0 Å². The van der Waals surface area contributed by atoms with Crippen LogP contribution in [-0.4, -0.2) is 49.5 Å². The van der Waals surface area contributed by atoms with Gasteiger partial charge in [-0.3, -0.25) is 4.79 Å². The summed E-state index contributed by atoms with van der Waals surface area (Å²) in [5, 5.41) is 13.5. The second kappa shape index (κ2) is 7.37. The monoisotopic (exact) mass is 418 g/mol. The smallest absolute Gasteiger partial charge is 0.257 e. The third-order valence-corrected chi connectivity index (χ3v) is 13.7. The molecule has 0 radical (unpaired) electrons. The summed E-state index contributed by atoms with van der Waals surface area (Å²) in [6.07, 6.45) is 2.18. The maximum atomic E-state index is 13.2. The topological polar surface area (TPSA) is 45.5 Å². The third-order valence-electron chi connectivity index (χ3n) is 6.44. The third kappa shape index (κ3) is 3.68. The molecule has 0 aliphatic heterocycles. The number of aromatic nitrogens is 1. The summed E-state index contributed by atoms with van der Waals surface area (Å²) in [4.78, 5) is 15.0. The summed E-state index contributed by atoms with van der Waals surface area (Å²) in [5.74, 6) is 0.114. The normalized spacial score (nSPS) is 13.2. The number of carbonyl (C=O) groups is 1. The Labute approximate surface area is 172 Å². The Balaban J connectivity index is 2.92. The number of hydrogen-bond acceptors (Lipinski definition) is 2. The molecule has 0 aliphatic rings. The van der Waals surface area contributed by atoms with Crippen LogP contribution in [0.3, 0.4) is 0 Å². The van der Waals surface area contributed by atoms with Gasteiger partial charge in [-0.1, -0.05) is 53.5 Å². The predicted molar refractivity (Wildman–Crippen MR) is 126 cm³/mol. The highest BCUT2D eigenvalue weighted by atomic mass is 28.3. The molecule has 0 unspecified atom stereocenters. The number of hydrogen-bond donors (Lipinski definition) is 1. The van der Waals surface area contributed by atoms with E-state index in [1.54, 1.807) is 4.90 Å². The molecule has 0 saturated heterocycles. The van der Waals surface area contributed by atoms with E-state index in [2.05, 4.69) is 70.0 Å². The lowest BCUT2D eigenvalue weighted by Gasteiger charge is -2.38. The number of rotatable bonds is 5. The van der Waals surface area contributed by atoms with E-state index < -0.39 is 16.3 Å². The molecular formula is C22H38N2O2Si2. The van der Waals surface area contributed by atoms with Gasteiger partial charge in [-0.25, -0.2) is 0 Å². The van der Waals surface area contributed by atoms with Crippen molar-refractivity contribution in [1.82, 2.24) is 9.13 Å². The number of carbonyl (C=O) groups excluding carboxylic acids is 1. The Morgan fingerprint density at radius 3 is 2.07 bits per heavy atom. The molecule has 0 saturated carbocycles. The zero-order valence-electron chi connectivity index (χ0n) is 19.4. The molecule has 156 valence electrons. The summed E-state index contributed by atoms with van der Waals surface area (Å²) in [5.41, 5.74) is 1.55. The molecule has 1 aromatic carbocycles. The van der Waals surface area contributed by atoms with Crippen LogP contribution < -0.4 is 5.19 Å².